The third-order valence-electron chi connectivity index (χ3n) is 2.38. The van der Waals surface area contributed by atoms with Crippen LogP contribution in [0.1, 0.15) is 12.0 Å². The average Bonchev–Trinajstić information content (AvgIpc) is 2.26. The van der Waals surface area contributed by atoms with Gasteiger partial charge < -0.3 is 15.1 Å². The molecule has 1 rings (SSSR count). The molecule has 1 aromatic carbocycles. The van der Waals surface area contributed by atoms with Gasteiger partial charge in [0.2, 0.25) is 0 Å². The standard InChI is InChI=1S/C12H15NO4/c1-13(8-12(16)17)10-5-2-9(3-6-10)4-7-11(14)15/h2-3,5-6H,4,7-8H2,1H3,(H,14,15)(H,16,17). The Morgan fingerprint density at radius 3 is 2.18 bits per heavy atom. The number of nitrogens with zero attached hydrogens (tertiary/aromatic N) is 1. The summed E-state index contributed by atoms with van der Waals surface area (Å²) in [6, 6.07) is 7.22. The first-order chi connectivity index (χ1) is 7.99. The molecule has 92 valence electrons. The lowest BCUT2D eigenvalue weighted by Gasteiger charge is -2.16. The minimum Gasteiger partial charge on any atom is -0.481 e. The van der Waals surface area contributed by atoms with Crippen molar-refractivity contribution in [3.05, 3.63) is 29.8 Å². The van der Waals surface area contributed by atoms with Gasteiger partial charge in [0.15, 0.2) is 0 Å². The lowest BCUT2D eigenvalue weighted by atomic mass is 10.1. The molecule has 0 aliphatic heterocycles. The van der Waals surface area contributed by atoms with E-state index in [0.29, 0.717) is 6.42 Å². The van der Waals surface area contributed by atoms with Crippen LogP contribution in [0.25, 0.3) is 0 Å². The molecule has 1 aromatic rings. The molecule has 2 N–H and O–H groups in total. The number of aryl methyl sites for hydroxylation is 1. The van der Waals surface area contributed by atoms with Crippen molar-refractivity contribution >= 4 is 17.6 Å². The first kappa shape index (κ1) is 13.0. The SMILES string of the molecule is CN(CC(=O)O)c1ccc(CCC(=O)O)cc1. The van der Waals surface area contributed by atoms with E-state index in [0.717, 1.165) is 11.3 Å². The minimum atomic E-state index is -0.887. The number of likely N-dealkylation sites (N-methyl/N-ethyl adjacent to an activating group) is 1. The Kier molecular flexibility index (Phi) is 4.51. The lowest BCUT2D eigenvalue weighted by molar-refractivity contribution is -0.137. The van der Waals surface area contributed by atoms with Crippen LogP contribution in [0.5, 0.6) is 0 Å². The van der Waals surface area contributed by atoms with E-state index in [1.165, 1.54) is 0 Å². The zero-order chi connectivity index (χ0) is 12.8. The second-order valence-corrected chi connectivity index (χ2v) is 3.81. The third-order valence-corrected chi connectivity index (χ3v) is 2.38. The highest BCUT2D eigenvalue weighted by atomic mass is 16.4. The number of benzene rings is 1. The Morgan fingerprint density at radius 1 is 1.12 bits per heavy atom. The van der Waals surface area contributed by atoms with E-state index in [9.17, 15) is 9.59 Å². The molecule has 0 unspecified atom stereocenters. The van der Waals surface area contributed by atoms with E-state index in [4.69, 9.17) is 10.2 Å². The van der Waals surface area contributed by atoms with Crippen LogP contribution in [0.3, 0.4) is 0 Å². The van der Waals surface area contributed by atoms with Crippen molar-refractivity contribution in [2.24, 2.45) is 0 Å². The molecule has 0 fully saturated rings. The molecule has 5 nitrogen and oxygen atoms in total. The molecular weight excluding hydrogens is 222 g/mol. The molecular formula is C12H15NO4. The van der Waals surface area contributed by atoms with Crippen LogP contribution in [0.15, 0.2) is 24.3 Å². The Morgan fingerprint density at radius 2 is 1.71 bits per heavy atom. The van der Waals surface area contributed by atoms with Crippen molar-refractivity contribution in [1.82, 2.24) is 0 Å². The molecule has 17 heavy (non-hydrogen) atoms. The smallest absolute Gasteiger partial charge is 0.323 e. The molecule has 0 aliphatic rings. The highest BCUT2D eigenvalue weighted by molar-refractivity contribution is 5.73. The van der Waals surface area contributed by atoms with E-state index in [2.05, 4.69) is 0 Å². The van der Waals surface area contributed by atoms with Crippen LogP contribution >= 0.6 is 0 Å². The minimum absolute atomic E-state index is 0.0610. The normalized spacial score (nSPS) is 9.94. The zero-order valence-electron chi connectivity index (χ0n) is 9.59. The molecule has 0 saturated heterocycles. The number of rotatable bonds is 6. The van der Waals surface area contributed by atoms with Crippen LogP contribution in [0.4, 0.5) is 5.69 Å². The molecule has 0 heterocycles. The van der Waals surface area contributed by atoms with Crippen molar-refractivity contribution < 1.29 is 19.8 Å². The third kappa shape index (κ3) is 4.55. The maximum Gasteiger partial charge on any atom is 0.323 e. The summed E-state index contributed by atoms with van der Waals surface area (Å²) in [7, 11) is 1.69. The topological polar surface area (TPSA) is 77.8 Å². The first-order valence-corrected chi connectivity index (χ1v) is 5.22. The van der Waals surface area contributed by atoms with E-state index >= 15 is 0 Å². The number of hydrogen-bond donors (Lipinski definition) is 2. The largest absolute Gasteiger partial charge is 0.481 e. The number of carboxylic acids is 2. The second kappa shape index (κ2) is 5.89. The molecule has 0 spiro atoms. The number of hydrogen-bond acceptors (Lipinski definition) is 3. The van der Waals surface area contributed by atoms with Gasteiger partial charge in [0, 0.05) is 19.2 Å². The first-order valence-electron chi connectivity index (χ1n) is 5.22. The van der Waals surface area contributed by atoms with Gasteiger partial charge in [0.1, 0.15) is 6.54 Å². The molecule has 0 saturated carbocycles. The fourth-order valence-electron chi connectivity index (χ4n) is 1.46. The maximum absolute atomic E-state index is 10.5. The summed E-state index contributed by atoms with van der Waals surface area (Å²) in [5.41, 5.74) is 1.73. The van der Waals surface area contributed by atoms with Crippen LogP contribution in [0, 0.1) is 0 Å². The quantitative estimate of drug-likeness (QED) is 0.778. The molecule has 0 atom stereocenters. The maximum atomic E-state index is 10.5. The molecule has 5 heteroatoms. The van der Waals surface area contributed by atoms with Crippen LogP contribution < -0.4 is 4.90 Å². The van der Waals surface area contributed by atoms with Crippen molar-refractivity contribution in [2.75, 3.05) is 18.5 Å². The van der Waals surface area contributed by atoms with Crippen LogP contribution in [-0.2, 0) is 16.0 Å². The molecule has 0 bridgehead atoms. The predicted molar refractivity (Wildman–Crippen MR) is 63.3 cm³/mol. The summed E-state index contributed by atoms with van der Waals surface area (Å²) >= 11 is 0. The van der Waals surface area contributed by atoms with Gasteiger partial charge >= 0.3 is 11.9 Å². The van der Waals surface area contributed by atoms with E-state index in [1.807, 2.05) is 12.1 Å². The van der Waals surface area contributed by atoms with Crippen molar-refractivity contribution in [3.63, 3.8) is 0 Å². The summed E-state index contributed by atoms with van der Waals surface area (Å²) in [5.74, 6) is -1.71. The molecule has 0 aliphatic carbocycles. The van der Waals surface area contributed by atoms with E-state index in [1.54, 1.807) is 24.1 Å². The highest BCUT2D eigenvalue weighted by Gasteiger charge is 2.05. The average molecular weight is 237 g/mol. The van der Waals surface area contributed by atoms with E-state index in [-0.39, 0.29) is 13.0 Å². The summed E-state index contributed by atoms with van der Waals surface area (Å²) < 4.78 is 0. The fraction of sp³-hybridized carbons (Fsp3) is 0.333. The summed E-state index contributed by atoms with van der Waals surface area (Å²) in [5, 5.41) is 17.2. The van der Waals surface area contributed by atoms with Gasteiger partial charge in [-0.25, -0.2) is 0 Å². The molecule has 0 aromatic heterocycles. The van der Waals surface area contributed by atoms with Gasteiger partial charge in [-0.3, -0.25) is 9.59 Å². The Hall–Kier alpha value is -2.04. The van der Waals surface area contributed by atoms with Crippen molar-refractivity contribution in [3.8, 4) is 0 Å². The fourth-order valence-corrected chi connectivity index (χ4v) is 1.46. The summed E-state index contributed by atoms with van der Waals surface area (Å²) in [4.78, 5) is 22.5. The summed E-state index contributed by atoms with van der Waals surface area (Å²) in [6.45, 7) is -0.0610. The number of carboxylic acid groups (broad SMARTS) is 2. The number of aliphatic carboxylic acids is 2. The van der Waals surface area contributed by atoms with Gasteiger partial charge in [-0.15, -0.1) is 0 Å². The Labute approximate surface area is 99.3 Å². The Bertz CT molecular complexity index is 399. The van der Waals surface area contributed by atoms with Crippen molar-refractivity contribution in [1.29, 1.82) is 0 Å². The van der Waals surface area contributed by atoms with E-state index < -0.39 is 11.9 Å². The predicted octanol–water partition coefficient (Wildman–Crippen LogP) is 1.22. The van der Waals surface area contributed by atoms with Gasteiger partial charge in [-0.2, -0.15) is 0 Å². The van der Waals surface area contributed by atoms with Crippen LogP contribution in [-0.4, -0.2) is 35.7 Å². The monoisotopic (exact) mass is 237 g/mol. The molecule has 0 radical (unpaired) electrons. The highest BCUT2D eigenvalue weighted by Crippen LogP contribution is 2.14. The lowest BCUT2D eigenvalue weighted by Crippen LogP contribution is -2.24. The zero-order valence-corrected chi connectivity index (χ0v) is 9.59. The van der Waals surface area contributed by atoms with Crippen molar-refractivity contribution in [2.45, 2.75) is 12.8 Å². The van der Waals surface area contributed by atoms with Gasteiger partial charge in [0.25, 0.3) is 0 Å². The van der Waals surface area contributed by atoms with Gasteiger partial charge in [-0.1, -0.05) is 12.1 Å². The Balaban J connectivity index is 2.60. The number of carbonyl (C=O) groups is 2. The number of anilines is 1. The summed E-state index contributed by atoms with van der Waals surface area (Å²) in [6.07, 6.45) is 0.586. The van der Waals surface area contributed by atoms with Gasteiger partial charge in [-0.05, 0) is 24.1 Å². The van der Waals surface area contributed by atoms with Crippen LogP contribution in [0.2, 0.25) is 0 Å². The molecule has 0 amide bonds. The second-order valence-electron chi connectivity index (χ2n) is 3.81. The van der Waals surface area contributed by atoms with Gasteiger partial charge in [0.05, 0.1) is 0 Å².